The van der Waals surface area contributed by atoms with Gasteiger partial charge in [0, 0.05) is 38.8 Å². The molecule has 8 heteroatoms. The van der Waals surface area contributed by atoms with Gasteiger partial charge in [-0.15, -0.1) is 13.2 Å². The molecule has 0 bridgehead atoms. The van der Waals surface area contributed by atoms with Gasteiger partial charge in [0.1, 0.15) is 5.75 Å². The average molecular weight is 360 g/mol. The number of halogens is 3. The number of hydrogen-bond acceptors (Lipinski definition) is 5. The molecule has 25 heavy (non-hydrogen) atoms. The minimum Gasteiger partial charge on any atom is -0.406 e. The Labute approximate surface area is 144 Å². The highest BCUT2D eigenvalue weighted by atomic mass is 19.4. The third kappa shape index (κ3) is 5.31. The fourth-order valence-electron chi connectivity index (χ4n) is 3.52. The third-order valence-electron chi connectivity index (χ3n) is 4.71. The van der Waals surface area contributed by atoms with E-state index in [-0.39, 0.29) is 11.8 Å². The van der Waals surface area contributed by atoms with Crippen molar-refractivity contribution in [2.24, 2.45) is 0 Å². The van der Waals surface area contributed by atoms with E-state index in [0.29, 0.717) is 26.3 Å². The van der Waals surface area contributed by atoms with Gasteiger partial charge in [0.25, 0.3) is 0 Å². The molecule has 140 valence electrons. The largest absolute Gasteiger partial charge is 0.573 e. The van der Waals surface area contributed by atoms with Crippen LogP contribution in [0.2, 0.25) is 0 Å². The quantitative estimate of drug-likeness (QED) is 0.888. The maximum absolute atomic E-state index is 12.2. The van der Waals surface area contributed by atoms with E-state index in [1.807, 2.05) is 0 Å². The second kappa shape index (κ2) is 7.90. The van der Waals surface area contributed by atoms with Gasteiger partial charge in [0.15, 0.2) is 0 Å². The SMILES string of the molecule is O[C@@H]1CN(Cc2ccc(OC(F)(F)F)cc2)CC[C@H]1N1CCOCC1. The Bertz CT molecular complexity index is 547. The van der Waals surface area contributed by atoms with Crippen LogP contribution in [0.25, 0.3) is 0 Å². The van der Waals surface area contributed by atoms with E-state index in [1.54, 1.807) is 12.1 Å². The summed E-state index contributed by atoms with van der Waals surface area (Å²) in [5.74, 6) is -0.220. The van der Waals surface area contributed by atoms with Gasteiger partial charge in [-0.1, -0.05) is 12.1 Å². The van der Waals surface area contributed by atoms with Gasteiger partial charge in [-0.2, -0.15) is 0 Å². The highest BCUT2D eigenvalue weighted by molar-refractivity contribution is 5.27. The lowest BCUT2D eigenvalue weighted by Crippen LogP contribution is -2.56. The van der Waals surface area contributed by atoms with Gasteiger partial charge in [-0.05, 0) is 24.1 Å². The summed E-state index contributed by atoms with van der Waals surface area (Å²) in [6.45, 7) is 5.12. The zero-order chi connectivity index (χ0) is 17.9. The lowest BCUT2D eigenvalue weighted by atomic mass is 9.99. The van der Waals surface area contributed by atoms with Gasteiger partial charge < -0.3 is 14.6 Å². The second-order valence-electron chi connectivity index (χ2n) is 6.50. The molecular formula is C17H23F3N2O3. The van der Waals surface area contributed by atoms with Crippen molar-refractivity contribution < 1.29 is 27.8 Å². The fourth-order valence-corrected chi connectivity index (χ4v) is 3.52. The number of aliphatic hydroxyl groups is 1. The summed E-state index contributed by atoms with van der Waals surface area (Å²) >= 11 is 0. The smallest absolute Gasteiger partial charge is 0.406 e. The summed E-state index contributed by atoms with van der Waals surface area (Å²) < 4.78 is 45.8. The molecule has 2 atom stereocenters. The first-order chi connectivity index (χ1) is 11.9. The topological polar surface area (TPSA) is 45.2 Å². The van der Waals surface area contributed by atoms with Crippen LogP contribution in [0, 0.1) is 0 Å². The Balaban J connectivity index is 1.51. The number of morpholine rings is 1. The third-order valence-corrected chi connectivity index (χ3v) is 4.71. The maximum atomic E-state index is 12.2. The molecule has 0 unspecified atom stereocenters. The van der Waals surface area contributed by atoms with Crippen molar-refractivity contribution in [2.45, 2.75) is 31.5 Å². The zero-order valence-corrected chi connectivity index (χ0v) is 13.9. The zero-order valence-electron chi connectivity index (χ0n) is 13.9. The number of benzene rings is 1. The normalized spacial score (nSPS) is 26.6. The van der Waals surface area contributed by atoms with E-state index < -0.39 is 12.5 Å². The van der Waals surface area contributed by atoms with Crippen molar-refractivity contribution in [3.63, 3.8) is 0 Å². The van der Waals surface area contributed by atoms with Gasteiger partial charge >= 0.3 is 6.36 Å². The molecule has 1 N–H and O–H groups in total. The molecule has 0 saturated carbocycles. The first-order valence-electron chi connectivity index (χ1n) is 8.47. The predicted molar refractivity (Wildman–Crippen MR) is 85.2 cm³/mol. The van der Waals surface area contributed by atoms with Crippen molar-refractivity contribution >= 4 is 0 Å². The Morgan fingerprint density at radius 3 is 2.40 bits per heavy atom. The molecule has 0 amide bonds. The molecule has 3 rings (SSSR count). The maximum Gasteiger partial charge on any atom is 0.573 e. The van der Waals surface area contributed by atoms with Crippen LogP contribution in [-0.2, 0) is 11.3 Å². The van der Waals surface area contributed by atoms with Crippen molar-refractivity contribution in [1.82, 2.24) is 9.80 Å². The summed E-state index contributed by atoms with van der Waals surface area (Å²) in [5.41, 5.74) is 0.895. The lowest BCUT2D eigenvalue weighted by molar-refractivity contribution is -0.274. The van der Waals surface area contributed by atoms with Crippen molar-refractivity contribution in [3.05, 3.63) is 29.8 Å². The highest BCUT2D eigenvalue weighted by Gasteiger charge is 2.33. The molecule has 1 aromatic rings. The number of nitrogens with zero attached hydrogens (tertiary/aromatic N) is 2. The average Bonchev–Trinajstić information content (AvgIpc) is 2.56. The number of ether oxygens (including phenoxy) is 2. The fraction of sp³-hybridized carbons (Fsp3) is 0.647. The molecule has 2 fully saturated rings. The second-order valence-corrected chi connectivity index (χ2v) is 6.50. The molecule has 0 radical (unpaired) electrons. The summed E-state index contributed by atoms with van der Waals surface area (Å²) in [7, 11) is 0. The minimum absolute atomic E-state index is 0.155. The molecule has 2 heterocycles. The van der Waals surface area contributed by atoms with E-state index >= 15 is 0 Å². The number of aliphatic hydroxyl groups excluding tert-OH is 1. The van der Waals surface area contributed by atoms with Crippen molar-refractivity contribution in [3.8, 4) is 5.75 Å². The highest BCUT2D eigenvalue weighted by Crippen LogP contribution is 2.24. The van der Waals surface area contributed by atoms with E-state index in [4.69, 9.17) is 4.74 Å². The van der Waals surface area contributed by atoms with Gasteiger partial charge in [0.2, 0.25) is 0 Å². The Kier molecular flexibility index (Phi) is 5.83. The van der Waals surface area contributed by atoms with Gasteiger partial charge in [-0.3, -0.25) is 9.80 Å². The molecule has 2 saturated heterocycles. The van der Waals surface area contributed by atoms with Crippen LogP contribution in [0.15, 0.2) is 24.3 Å². The monoisotopic (exact) mass is 360 g/mol. The van der Waals surface area contributed by atoms with Crippen LogP contribution in [0.1, 0.15) is 12.0 Å². The summed E-state index contributed by atoms with van der Waals surface area (Å²) in [6.07, 6.45) is -4.23. The molecular weight excluding hydrogens is 337 g/mol. The summed E-state index contributed by atoms with van der Waals surface area (Å²) in [5, 5.41) is 10.5. The standard InChI is InChI=1S/C17H23F3N2O3/c18-17(19,20)25-14-3-1-13(2-4-14)11-21-6-5-15(16(23)12-21)22-7-9-24-10-8-22/h1-4,15-16,23H,5-12H2/t15-,16-/m1/s1. The number of hydrogen-bond donors (Lipinski definition) is 1. The predicted octanol–water partition coefficient (Wildman–Crippen LogP) is 1.85. The minimum atomic E-state index is -4.67. The molecule has 2 aliphatic heterocycles. The van der Waals surface area contributed by atoms with Crippen molar-refractivity contribution in [1.29, 1.82) is 0 Å². The van der Waals surface area contributed by atoms with Crippen LogP contribution >= 0.6 is 0 Å². The van der Waals surface area contributed by atoms with E-state index in [0.717, 1.165) is 31.6 Å². The molecule has 0 spiro atoms. The molecule has 2 aliphatic rings. The summed E-state index contributed by atoms with van der Waals surface area (Å²) in [4.78, 5) is 4.41. The van der Waals surface area contributed by atoms with E-state index in [2.05, 4.69) is 14.5 Å². The van der Waals surface area contributed by atoms with Gasteiger partial charge in [0.05, 0.1) is 19.3 Å². The number of β-amino-alcohol motifs (C(OH)–C–C–N with tert-alkyl or cyclic N) is 1. The summed E-state index contributed by atoms with van der Waals surface area (Å²) in [6, 6.07) is 6.05. The Morgan fingerprint density at radius 1 is 1.12 bits per heavy atom. The first-order valence-corrected chi connectivity index (χ1v) is 8.47. The van der Waals surface area contributed by atoms with Crippen LogP contribution in [0.3, 0.4) is 0 Å². The number of rotatable bonds is 4. The number of alkyl halides is 3. The Morgan fingerprint density at radius 2 is 1.80 bits per heavy atom. The molecule has 0 aromatic heterocycles. The van der Waals surface area contributed by atoms with Crippen LogP contribution in [-0.4, -0.2) is 72.8 Å². The van der Waals surface area contributed by atoms with E-state index in [1.165, 1.54) is 12.1 Å². The molecule has 5 nitrogen and oxygen atoms in total. The van der Waals surface area contributed by atoms with Crippen LogP contribution in [0.5, 0.6) is 5.75 Å². The first kappa shape index (κ1) is 18.4. The van der Waals surface area contributed by atoms with Crippen LogP contribution < -0.4 is 4.74 Å². The van der Waals surface area contributed by atoms with Crippen molar-refractivity contribution in [2.75, 3.05) is 39.4 Å². The molecule has 0 aliphatic carbocycles. The lowest BCUT2D eigenvalue weighted by Gasteiger charge is -2.43. The van der Waals surface area contributed by atoms with Gasteiger partial charge in [-0.25, -0.2) is 0 Å². The number of piperidine rings is 1. The number of likely N-dealkylation sites (tertiary alicyclic amines) is 1. The molecule has 1 aromatic carbocycles. The van der Waals surface area contributed by atoms with E-state index in [9.17, 15) is 18.3 Å². The Hall–Kier alpha value is -1.35. The van der Waals surface area contributed by atoms with Crippen LogP contribution in [0.4, 0.5) is 13.2 Å².